The third-order valence-corrected chi connectivity index (χ3v) is 3.87. The van der Waals surface area contributed by atoms with Crippen LogP contribution in [0, 0.1) is 5.92 Å². The molecule has 1 aromatic carbocycles. The minimum Gasteiger partial charge on any atom is -0.493 e. The summed E-state index contributed by atoms with van der Waals surface area (Å²) < 4.78 is 20.6. The first kappa shape index (κ1) is 20.6. The molecular formula is C18H27NO6. The van der Waals surface area contributed by atoms with E-state index in [0.717, 1.165) is 0 Å². The maximum Gasteiger partial charge on any atom is 0.310 e. The van der Waals surface area contributed by atoms with Crippen molar-refractivity contribution >= 4 is 11.9 Å². The van der Waals surface area contributed by atoms with Crippen LogP contribution in [0.4, 0.5) is 0 Å². The maximum absolute atomic E-state index is 13.0. The Morgan fingerprint density at radius 2 is 1.48 bits per heavy atom. The highest BCUT2D eigenvalue weighted by Gasteiger charge is 2.26. The number of hydrogen-bond acceptors (Lipinski definition) is 6. The van der Waals surface area contributed by atoms with Crippen molar-refractivity contribution < 1.29 is 28.5 Å². The summed E-state index contributed by atoms with van der Waals surface area (Å²) in [5.41, 5.74) is 0.389. The summed E-state index contributed by atoms with van der Waals surface area (Å²) in [4.78, 5) is 26.3. The van der Waals surface area contributed by atoms with Gasteiger partial charge >= 0.3 is 5.97 Å². The molecule has 0 bridgehead atoms. The molecule has 0 spiro atoms. The normalized spacial score (nSPS) is 11.7. The van der Waals surface area contributed by atoms with E-state index in [1.807, 2.05) is 13.8 Å². The van der Waals surface area contributed by atoms with Crippen LogP contribution in [-0.2, 0) is 9.53 Å². The maximum atomic E-state index is 13.0. The molecular weight excluding hydrogens is 326 g/mol. The Kier molecular flexibility index (Phi) is 7.54. The highest BCUT2D eigenvalue weighted by molar-refractivity contribution is 5.96. The van der Waals surface area contributed by atoms with Crippen molar-refractivity contribution in [1.29, 1.82) is 0 Å². The summed E-state index contributed by atoms with van der Waals surface area (Å²) in [6.45, 7) is 5.75. The number of ether oxygens (including phenoxy) is 4. The summed E-state index contributed by atoms with van der Waals surface area (Å²) in [5, 5.41) is 0. The summed E-state index contributed by atoms with van der Waals surface area (Å²) in [7, 11) is 5.82. The van der Waals surface area contributed by atoms with Crippen LogP contribution in [-0.4, -0.2) is 57.8 Å². The zero-order valence-electron chi connectivity index (χ0n) is 15.9. The third-order valence-electron chi connectivity index (χ3n) is 3.87. The molecule has 0 aliphatic carbocycles. The minimum atomic E-state index is -0.432. The largest absolute Gasteiger partial charge is 0.493 e. The van der Waals surface area contributed by atoms with Crippen molar-refractivity contribution in [3.8, 4) is 17.2 Å². The molecule has 25 heavy (non-hydrogen) atoms. The van der Waals surface area contributed by atoms with Gasteiger partial charge in [-0.25, -0.2) is 0 Å². The van der Waals surface area contributed by atoms with Gasteiger partial charge in [-0.1, -0.05) is 6.92 Å². The lowest BCUT2D eigenvalue weighted by Gasteiger charge is -2.29. The molecule has 1 unspecified atom stereocenters. The van der Waals surface area contributed by atoms with Crippen molar-refractivity contribution in [2.24, 2.45) is 5.92 Å². The molecule has 0 aliphatic rings. The molecule has 1 amide bonds. The van der Waals surface area contributed by atoms with Crippen molar-refractivity contribution in [1.82, 2.24) is 4.90 Å². The van der Waals surface area contributed by atoms with Gasteiger partial charge in [0.25, 0.3) is 5.91 Å². The first-order valence-corrected chi connectivity index (χ1v) is 7.99. The van der Waals surface area contributed by atoms with Gasteiger partial charge in [-0.3, -0.25) is 9.59 Å². The Morgan fingerprint density at radius 1 is 0.960 bits per heavy atom. The van der Waals surface area contributed by atoms with Crippen molar-refractivity contribution in [2.45, 2.75) is 26.8 Å². The Labute approximate surface area is 148 Å². The van der Waals surface area contributed by atoms with Crippen LogP contribution < -0.4 is 14.2 Å². The number of methoxy groups -OCH3 is 4. The quantitative estimate of drug-likeness (QED) is 0.668. The lowest BCUT2D eigenvalue weighted by molar-refractivity contribution is -0.145. The van der Waals surface area contributed by atoms with E-state index in [9.17, 15) is 9.59 Å². The molecule has 0 radical (unpaired) electrons. The lowest BCUT2D eigenvalue weighted by Crippen LogP contribution is -2.41. The van der Waals surface area contributed by atoms with Gasteiger partial charge in [-0.05, 0) is 26.0 Å². The van der Waals surface area contributed by atoms with Crippen LogP contribution in [0.1, 0.15) is 31.1 Å². The van der Waals surface area contributed by atoms with Crippen LogP contribution in [0.3, 0.4) is 0 Å². The third kappa shape index (κ3) is 4.78. The minimum absolute atomic E-state index is 0.0984. The molecule has 140 valence electrons. The van der Waals surface area contributed by atoms with Crippen LogP contribution in [0.5, 0.6) is 17.2 Å². The predicted octanol–water partition coefficient (Wildman–Crippen LogP) is 2.37. The summed E-state index contributed by atoms with van der Waals surface area (Å²) in [6.07, 6.45) is 0. The number of carbonyl (C=O) groups is 2. The number of carbonyl (C=O) groups excluding carboxylic acids is 2. The van der Waals surface area contributed by atoms with Crippen molar-refractivity contribution in [3.05, 3.63) is 17.7 Å². The smallest absolute Gasteiger partial charge is 0.310 e. The Morgan fingerprint density at radius 3 is 1.84 bits per heavy atom. The molecule has 1 aromatic rings. The first-order valence-electron chi connectivity index (χ1n) is 7.99. The molecule has 1 atom stereocenters. The van der Waals surface area contributed by atoms with Gasteiger partial charge in [0.05, 0.1) is 34.4 Å². The van der Waals surface area contributed by atoms with Crippen LogP contribution >= 0.6 is 0 Å². The molecule has 1 rings (SSSR count). The van der Waals surface area contributed by atoms with E-state index in [-0.39, 0.29) is 24.5 Å². The summed E-state index contributed by atoms with van der Waals surface area (Å²) >= 11 is 0. The molecule has 0 saturated carbocycles. The van der Waals surface area contributed by atoms with E-state index in [2.05, 4.69) is 0 Å². The van der Waals surface area contributed by atoms with Crippen LogP contribution in [0.2, 0.25) is 0 Å². The van der Waals surface area contributed by atoms with Gasteiger partial charge in [0.1, 0.15) is 0 Å². The van der Waals surface area contributed by atoms with Crippen LogP contribution in [0.15, 0.2) is 12.1 Å². The fourth-order valence-electron chi connectivity index (χ4n) is 2.47. The highest BCUT2D eigenvalue weighted by atomic mass is 16.5. The van der Waals surface area contributed by atoms with Gasteiger partial charge in [-0.2, -0.15) is 0 Å². The molecule has 0 N–H and O–H groups in total. The molecule has 7 nitrogen and oxygen atoms in total. The van der Waals surface area contributed by atoms with E-state index in [4.69, 9.17) is 18.9 Å². The Hall–Kier alpha value is -2.44. The molecule has 0 heterocycles. The SMILES string of the molecule is COC(=O)C(C)CN(C(=O)c1cc(OC)c(OC)c(OC)c1)C(C)C. The van der Waals surface area contributed by atoms with Crippen LogP contribution in [0.25, 0.3) is 0 Å². The number of benzene rings is 1. The second-order valence-corrected chi connectivity index (χ2v) is 5.89. The molecule has 0 aliphatic heterocycles. The van der Waals surface area contributed by atoms with E-state index in [0.29, 0.717) is 22.8 Å². The predicted molar refractivity (Wildman–Crippen MR) is 93.5 cm³/mol. The average Bonchev–Trinajstić information content (AvgIpc) is 2.62. The summed E-state index contributed by atoms with van der Waals surface area (Å²) in [6, 6.07) is 3.10. The monoisotopic (exact) mass is 353 g/mol. The Bertz CT molecular complexity index is 589. The highest BCUT2D eigenvalue weighted by Crippen LogP contribution is 2.38. The standard InChI is InChI=1S/C18H27NO6/c1-11(2)19(10-12(3)18(21)25-7)17(20)13-8-14(22-4)16(24-6)15(9-13)23-5/h8-9,11-12H,10H2,1-7H3. The average molecular weight is 353 g/mol. The molecule has 0 saturated heterocycles. The molecule has 0 fully saturated rings. The number of rotatable bonds is 8. The van der Waals surface area contributed by atoms with E-state index < -0.39 is 5.92 Å². The van der Waals surface area contributed by atoms with E-state index in [1.165, 1.54) is 28.4 Å². The van der Waals surface area contributed by atoms with Gasteiger partial charge < -0.3 is 23.8 Å². The zero-order valence-corrected chi connectivity index (χ0v) is 15.9. The fraction of sp³-hybridized carbons (Fsp3) is 0.556. The van der Waals surface area contributed by atoms with E-state index >= 15 is 0 Å². The number of amides is 1. The number of hydrogen-bond donors (Lipinski definition) is 0. The summed E-state index contributed by atoms with van der Waals surface area (Å²) in [5.74, 6) is 0.192. The topological polar surface area (TPSA) is 74.3 Å². The first-order chi connectivity index (χ1) is 11.8. The second-order valence-electron chi connectivity index (χ2n) is 5.89. The van der Waals surface area contributed by atoms with Gasteiger partial charge in [-0.15, -0.1) is 0 Å². The second kappa shape index (κ2) is 9.15. The van der Waals surface area contributed by atoms with Gasteiger partial charge in [0, 0.05) is 18.2 Å². The fourth-order valence-corrected chi connectivity index (χ4v) is 2.47. The Balaban J connectivity index is 3.23. The number of nitrogens with zero attached hydrogens (tertiary/aromatic N) is 1. The molecule has 7 heteroatoms. The zero-order chi connectivity index (χ0) is 19.1. The van der Waals surface area contributed by atoms with Gasteiger partial charge in [0.15, 0.2) is 11.5 Å². The lowest BCUT2D eigenvalue weighted by atomic mass is 10.1. The van der Waals surface area contributed by atoms with Crippen molar-refractivity contribution in [2.75, 3.05) is 35.0 Å². The van der Waals surface area contributed by atoms with Crippen molar-refractivity contribution in [3.63, 3.8) is 0 Å². The van der Waals surface area contributed by atoms with E-state index in [1.54, 1.807) is 24.0 Å². The van der Waals surface area contributed by atoms with Gasteiger partial charge in [0.2, 0.25) is 5.75 Å². The molecule has 0 aromatic heterocycles. The number of esters is 1.